The number of H-pyrrole nitrogens is 1. The molecule has 2 aromatic rings. The minimum absolute atomic E-state index is 0.173. The Balaban J connectivity index is 1.71. The molecule has 3 atom stereocenters. The Labute approximate surface area is 119 Å². The zero-order valence-electron chi connectivity index (χ0n) is 12.0. The van der Waals surface area contributed by atoms with E-state index in [4.69, 9.17) is 0 Å². The Hall–Kier alpha value is -1.77. The van der Waals surface area contributed by atoms with Gasteiger partial charge < -0.3 is 9.88 Å². The van der Waals surface area contributed by atoms with Gasteiger partial charge >= 0.3 is 0 Å². The molecule has 104 valence electrons. The van der Waals surface area contributed by atoms with Crippen LogP contribution in [0.4, 0.5) is 0 Å². The summed E-state index contributed by atoms with van der Waals surface area (Å²) in [5.41, 5.74) is 3.83. The number of carbonyl (C=O) groups excluding carboxylic acids is 1. The fraction of sp³-hybridized carbons (Fsp3) is 0.471. The van der Waals surface area contributed by atoms with Gasteiger partial charge in [0.1, 0.15) is 0 Å². The number of fused-ring (bicyclic) bond motifs is 3. The number of amides is 1. The molecule has 1 N–H and O–H groups in total. The van der Waals surface area contributed by atoms with Gasteiger partial charge in [-0.2, -0.15) is 0 Å². The van der Waals surface area contributed by atoms with E-state index in [0.717, 1.165) is 19.4 Å². The van der Waals surface area contributed by atoms with Crippen LogP contribution in [0.2, 0.25) is 0 Å². The van der Waals surface area contributed by atoms with E-state index in [1.165, 1.54) is 22.2 Å². The van der Waals surface area contributed by atoms with E-state index in [0.29, 0.717) is 11.8 Å². The molecule has 20 heavy (non-hydrogen) atoms. The number of hydrogen-bond acceptors (Lipinski definition) is 1. The molecule has 0 spiro atoms. The molecular formula is C17H20N2O. The average molecular weight is 268 g/mol. The SMILES string of the molecule is C[C@@H]1C[C@@H]1C(=O)N1CCc2c([nH]c3ccccc23)[C@H]1C. The highest BCUT2D eigenvalue weighted by atomic mass is 16.2. The number of nitrogens with one attached hydrogen (secondary N) is 1. The lowest BCUT2D eigenvalue weighted by Gasteiger charge is -2.34. The van der Waals surface area contributed by atoms with Crippen molar-refractivity contribution in [2.75, 3.05) is 6.54 Å². The highest BCUT2D eigenvalue weighted by molar-refractivity contribution is 5.87. The van der Waals surface area contributed by atoms with E-state index in [1.807, 2.05) is 0 Å². The van der Waals surface area contributed by atoms with Crippen molar-refractivity contribution in [2.45, 2.75) is 32.7 Å². The summed E-state index contributed by atoms with van der Waals surface area (Å²) in [6.45, 7) is 5.18. The van der Waals surface area contributed by atoms with E-state index in [9.17, 15) is 4.79 Å². The molecule has 0 saturated heterocycles. The molecule has 0 unspecified atom stereocenters. The Morgan fingerprint density at radius 2 is 2.05 bits per heavy atom. The summed E-state index contributed by atoms with van der Waals surface area (Å²) in [5.74, 6) is 1.22. The smallest absolute Gasteiger partial charge is 0.226 e. The van der Waals surface area contributed by atoms with E-state index in [2.05, 4.69) is 48.0 Å². The number of para-hydroxylation sites is 1. The number of rotatable bonds is 1. The molecule has 1 saturated carbocycles. The Morgan fingerprint density at radius 3 is 2.80 bits per heavy atom. The second-order valence-electron chi connectivity index (χ2n) is 6.34. The molecule has 0 radical (unpaired) electrons. The van der Waals surface area contributed by atoms with E-state index >= 15 is 0 Å². The molecule has 1 aliphatic heterocycles. The maximum absolute atomic E-state index is 12.5. The molecule has 2 heterocycles. The molecule has 3 nitrogen and oxygen atoms in total. The van der Waals surface area contributed by atoms with Crippen LogP contribution in [0.15, 0.2) is 24.3 Å². The van der Waals surface area contributed by atoms with Crippen LogP contribution in [0.1, 0.15) is 37.6 Å². The number of hydrogen-bond donors (Lipinski definition) is 1. The largest absolute Gasteiger partial charge is 0.356 e. The third-order valence-corrected chi connectivity index (χ3v) is 5.04. The van der Waals surface area contributed by atoms with Gasteiger partial charge in [0.05, 0.1) is 6.04 Å². The lowest BCUT2D eigenvalue weighted by atomic mass is 9.97. The molecule has 1 aromatic carbocycles. The third kappa shape index (κ3) is 1.62. The number of carbonyl (C=O) groups is 1. The van der Waals surface area contributed by atoms with Gasteiger partial charge in [-0.25, -0.2) is 0 Å². The maximum atomic E-state index is 12.5. The minimum atomic E-state index is 0.173. The summed E-state index contributed by atoms with van der Waals surface area (Å²) in [6.07, 6.45) is 2.04. The summed E-state index contributed by atoms with van der Waals surface area (Å²) < 4.78 is 0. The van der Waals surface area contributed by atoms with E-state index < -0.39 is 0 Å². The second-order valence-corrected chi connectivity index (χ2v) is 6.34. The molecule has 4 rings (SSSR count). The van der Waals surface area contributed by atoms with E-state index in [-0.39, 0.29) is 12.0 Å². The second kappa shape index (κ2) is 4.11. The Kier molecular flexibility index (Phi) is 2.47. The summed E-state index contributed by atoms with van der Waals surface area (Å²) in [6, 6.07) is 8.62. The number of benzene rings is 1. The first kappa shape index (κ1) is 12.0. The van der Waals surface area contributed by atoms with Crippen LogP contribution in [-0.4, -0.2) is 22.3 Å². The molecule has 1 aromatic heterocycles. The number of aromatic nitrogens is 1. The normalized spacial score (nSPS) is 28.5. The predicted octanol–water partition coefficient (Wildman–Crippen LogP) is 3.27. The molecule has 1 aliphatic carbocycles. The molecule has 0 bridgehead atoms. The lowest BCUT2D eigenvalue weighted by molar-refractivity contribution is -0.135. The van der Waals surface area contributed by atoms with Crippen LogP contribution in [-0.2, 0) is 11.2 Å². The lowest BCUT2D eigenvalue weighted by Crippen LogP contribution is -2.39. The quantitative estimate of drug-likeness (QED) is 0.846. The van der Waals surface area contributed by atoms with Gasteiger partial charge in [-0.05, 0) is 37.3 Å². The predicted molar refractivity (Wildman–Crippen MR) is 79.4 cm³/mol. The first-order valence-electron chi connectivity index (χ1n) is 7.56. The monoisotopic (exact) mass is 268 g/mol. The third-order valence-electron chi connectivity index (χ3n) is 5.04. The topological polar surface area (TPSA) is 36.1 Å². The summed E-state index contributed by atoms with van der Waals surface area (Å²) in [4.78, 5) is 18.1. The molecule has 2 aliphatic rings. The van der Waals surface area contributed by atoms with Gasteiger partial charge in [0.15, 0.2) is 0 Å². The van der Waals surface area contributed by atoms with Crippen LogP contribution < -0.4 is 0 Å². The summed E-state index contributed by atoms with van der Waals surface area (Å²) >= 11 is 0. The van der Waals surface area contributed by atoms with Crippen molar-refractivity contribution < 1.29 is 4.79 Å². The van der Waals surface area contributed by atoms with Crippen LogP contribution in [0, 0.1) is 11.8 Å². The van der Waals surface area contributed by atoms with Gasteiger partial charge in [-0.15, -0.1) is 0 Å². The number of aromatic amines is 1. The first-order valence-corrected chi connectivity index (χ1v) is 7.56. The molecule has 3 heteroatoms. The molecular weight excluding hydrogens is 248 g/mol. The van der Waals surface area contributed by atoms with Gasteiger partial charge in [0, 0.05) is 29.1 Å². The van der Waals surface area contributed by atoms with Crippen molar-refractivity contribution >= 4 is 16.8 Å². The fourth-order valence-corrected chi connectivity index (χ4v) is 3.61. The average Bonchev–Trinajstić information content (AvgIpc) is 3.06. The van der Waals surface area contributed by atoms with Crippen LogP contribution in [0.3, 0.4) is 0 Å². The van der Waals surface area contributed by atoms with Crippen molar-refractivity contribution in [1.82, 2.24) is 9.88 Å². The Morgan fingerprint density at radius 1 is 1.30 bits per heavy atom. The first-order chi connectivity index (χ1) is 9.66. The molecule has 1 fully saturated rings. The van der Waals surface area contributed by atoms with Crippen molar-refractivity contribution in [2.24, 2.45) is 11.8 Å². The van der Waals surface area contributed by atoms with E-state index in [1.54, 1.807) is 0 Å². The van der Waals surface area contributed by atoms with Crippen molar-refractivity contribution in [1.29, 1.82) is 0 Å². The summed E-state index contributed by atoms with van der Waals surface area (Å²) in [5, 5.41) is 1.32. The zero-order valence-corrected chi connectivity index (χ0v) is 12.0. The van der Waals surface area contributed by atoms with Gasteiger partial charge in [-0.3, -0.25) is 4.79 Å². The van der Waals surface area contributed by atoms with Crippen LogP contribution >= 0.6 is 0 Å². The van der Waals surface area contributed by atoms with Crippen molar-refractivity contribution in [3.8, 4) is 0 Å². The zero-order chi connectivity index (χ0) is 13.9. The maximum Gasteiger partial charge on any atom is 0.226 e. The van der Waals surface area contributed by atoms with Crippen molar-refractivity contribution in [3.63, 3.8) is 0 Å². The van der Waals surface area contributed by atoms with Gasteiger partial charge in [0.2, 0.25) is 5.91 Å². The summed E-state index contributed by atoms with van der Waals surface area (Å²) in [7, 11) is 0. The van der Waals surface area contributed by atoms with Crippen LogP contribution in [0.5, 0.6) is 0 Å². The highest BCUT2D eigenvalue weighted by Gasteiger charge is 2.43. The fourth-order valence-electron chi connectivity index (χ4n) is 3.61. The standard InChI is InChI=1S/C17H20N2O/c1-10-9-14(10)17(20)19-8-7-13-12-5-3-4-6-15(12)18-16(13)11(19)2/h3-6,10-11,14,18H,7-9H2,1-2H3/t10-,11-,14+/m1/s1. The number of nitrogens with zero attached hydrogens (tertiary/aromatic N) is 1. The van der Waals surface area contributed by atoms with Crippen LogP contribution in [0.25, 0.3) is 10.9 Å². The Bertz CT molecular complexity index is 687. The van der Waals surface area contributed by atoms with Crippen molar-refractivity contribution in [3.05, 3.63) is 35.5 Å². The van der Waals surface area contributed by atoms with Gasteiger partial charge in [0.25, 0.3) is 0 Å². The highest BCUT2D eigenvalue weighted by Crippen LogP contribution is 2.42. The minimum Gasteiger partial charge on any atom is -0.356 e. The van der Waals surface area contributed by atoms with Gasteiger partial charge in [-0.1, -0.05) is 25.1 Å². The molecule has 1 amide bonds.